The van der Waals surface area contributed by atoms with Crippen LogP contribution in [0, 0.1) is 6.92 Å². The summed E-state index contributed by atoms with van der Waals surface area (Å²) in [6.07, 6.45) is 0. The van der Waals surface area contributed by atoms with Gasteiger partial charge >= 0.3 is 0 Å². The monoisotopic (exact) mass is 277 g/mol. The maximum atomic E-state index is 4.18. The van der Waals surface area contributed by atoms with E-state index in [0.717, 1.165) is 27.1 Å². The third kappa shape index (κ3) is 2.22. The van der Waals surface area contributed by atoms with Crippen LogP contribution in [0.4, 0.5) is 5.82 Å². The summed E-state index contributed by atoms with van der Waals surface area (Å²) in [6, 6.07) is 10.1. The molecule has 0 amide bonds. The molecule has 2 aromatic rings. The normalized spacial score (nSPS) is 10.2. The van der Waals surface area contributed by atoms with Crippen LogP contribution in [0.3, 0.4) is 0 Å². The minimum atomic E-state index is 0.820. The highest BCUT2D eigenvalue weighted by molar-refractivity contribution is 9.10. The van der Waals surface area contributed by atoms with Gasteiger partial charge in [0.1, 0.15) is 0 Å². The van der Waals surface area contributed by atoms with Crippen molar-refractivity contribution in [3.8, 4) is 11.3 Å². The van der Waals surface area contributed by atoms with E-state index in [1.165, 1.54) is 0 Å². The Hall–Kier alpha value is -1.42. The fraction of sp³-hybridized carbons (Fsp3) is 0.167. The maximum absolute atomic E-state index is 4.18. The molecule has 0 aliphatic heterocycles. The zero-order valence-electron chi connectivity index (χ0n) is 9.16. The van der Waals surface area contributed by atoms with Gasteiger partial charge in [-0.25, -0.2) is 0 Å². The lowest BCUT2D eigenvalue weighted by Crippen LogP contribution is -1.98. The first-order chi connectivity index (χ1) is 7.70. The van der Waals surface area contributed by atoms with Gasteiger partial charge in [0.25, 0.3) is 0 Å². The summed E-state index contributed by atoms with van der Waals surface area (Å²) in [5, 5.41) is 11.3. The van der Waals surface area contributed by atoms with Crippen LogP contribution >= 0.6 is 15.9 Å². The lowest BCUT2D eigenvalue weighted by atomic mass is 10.1. The molecule has 2 rings (SSSR count). The number of rotatable bonds is 2. The van der Waals surface area contributed by atoms with E-state index in [-0.39, 0.29) is 0 Å². The molecule has 1 aromatic heterocycles. The standard InChI is InChI=1S/C12H12BrN3/c1-8-7-11(15-16-12(8)14-2)9-3-5-10(13)6-4-9/h3-7H,1-2H3,(H,14,16). The van der Waals surface area contributed by atoms with E-state index in [1.807, 2.05) is 44.3 Å². The minimum absolute atomic E-state index is 0.820. The van der Waals surface area contributed by atoms with Crippen LogP contribution in [-0.2, 0) is 0 Å². The van der Waals surface area contributed by atoms with Crippen molar-refractivity contribution in [2.75, 3.05) is 12.4 Å². The summed E-state index contributed by atoms with van der Waals surface area (Å²) in [7, 11) is 1.84. The first-order valence-corrected chi connectivity index (χ1v) is 5.78. The Labute approximate surface area is 103 Å². The Morgan fingerprint density at radius 3 is 2.38 bits per heavy atom. The molecule has 4 heteroatoms. The smallest absolute Gasteiger partial charge is 0.151 e. The number of hydrogen-bond donors (Lipinski definition) is 1. The van der Waals surface area contributed by atoms with Crippen molar-refractivity contribution in [1.29, 1.82) is 0 Å². The number of benzene rings is 1. The highest BCUT2D eigenvalue weighted by atomic mass is 79.9. The fourth-order valence-electron chi connectivity index (χ4n) is 1.49. The Morgan fingerprint density at radius 2 is 1.81 bits per heavy atom. The largest absolute Gasteiger partial charge is 0.371 e. The SMILES string of the molecule is CNc1nnc(-c2ccc(Br)cc2)cc1C. The zero-order valence-corrected chi connectivity index (χ0v) is 10.7. The molecule has 0 saturated heterocycles. The second-order valence-electron chi connectivity index (χ2n) is 3.52. The van der Waals surface area contributed by atoms with Crippen LogP contribution in [0.2, 0.25) is 0 Å². The van der Waals surface area contributed by atoms with Gasteiger partial charge in [-0.1, -0.05) is 28.1 Å². The number of halogens is 1. The minimum Gasteiger partial charge on any atom is -0.371 e. The molecule has 0 fully saturated rings. The molecule has 0 atom stereocenters. The molecule has 0 aliphatic carbocycles. The Morgan fingerprint density at radius 1 is 1.12 bits per heavy atom. The van der Waals surface area contributed by atoms with E-state index < -0.39 is 0 Å². The predicted octanol–water partition coefficient (Wildman–Crippen LogP) is 3.26. The molecule has 1 N–H and O–H groups in total. The molecule has 1 aromatic carbocycles. The lowest BCUT2D eigenvalue weighted by molar-refractivity contribution is 1.02. The van der Waals surface area contributed by atoms with Crippen molar-refractivity contribution >= 4 is 21.7 Å². The van der Waals surface area contributed by atoms with E-state index in [9.17, 15) is 0 Å². The molecule has 0 aliphatic rings. The fourth-order valence-corrected chi connectivity index (χ4v) is 1.76. The first-order valence-electron chi connectivity index (χ1n) is 4.98. The van der Waals surface area contributed by atoms with Gasteiger partial charge in [0.15, 0.2) is 5.82 Å². The summed E-state index contributed by atoms with van der Waals surface area (Å²) < 4.78 is 1.06. The third-order valence-electron chi connectivity index (χ3n) is 2.36. The second-order valence-corrected chi connectivity index (χ2v) is 4.43. The maximum Gasteiger partial charge on any atom is 0.151 e. The van der Waals surface area contributed by atoms with Crippen molar-refractivity contribution in [1.82, 2.24) is 10.2 Å². The zero-order chi connectivity index (χ0) is 11.5. The van der Waals surface area contributed by atoms with Crippen LogP contribution < -0.4 is 5.32 Å². The van der Waals surface area contributed by atoms with Crippen LogP contribution in [-0.4, -0.2) is 17.2 Å². The lowest BCUT2D eigenvalue weighted by Gasteiger charge is -2.05. The number of anilines is 1. The second kappa shape index (κ2) is 4.61. The van der Waals surface area contributed by atoms with E-state index in [2.05, 4.69) is 31.4 Å². The van der Waals surface area contributed by atoms with Crippen molar-refractivity contribution < 1.29 is 0 Å². The number of nitrogens with zero attached hydrogens (tertiary/aromatic N) is 2. The molecule has 0 bridgehead atoms. The molecular formula is C12H12BrN3. The average Bonchev–Trinajstić information content (AvgIpc) is 2.30. The summed E-state index contributed by atoms with van der Waals surface area (Å²) in [5.41, 5.74) is 3.06. The van der Waals surface area contributed by atoms with Gasteiger partial charge < -0.3 is 5.32 Å². The van der Waals surface area contributed by atoms with Crippen LogP contribution in [0.25, 0.3) is 11.3 Å². The number of nitrogens with one attached hydrogen (secondary N) is 1. The van der Waals surface area contributed by atoms with E-state index in [0.29, 0.717) is 0 Å². The summed E-state index contributed by atoms with van der Waals surface area (Å²) >= 11 is 3.41. The van der Waals surface area contributed by atoms with Gasteiger partial charge in [-0.2, -0.15) is 0 Å². The van der Waals surface area contributed by atoms with Gasteiger partial charge in [0.05, 0.1) is 5.69 Å². The molecule has 1 heterocycles. The van der Waals surface area contributed by atoms with Crippen molar-refractivity contribution in [2.45, 2.75) is 6.92 Å². The molecule has 16 heavy (non-hydrogen) atoms. The highest BCUT2D eigenvalue weighted by Gasteiger charge is 2.03. The topological polar surface area (TPSA) is 37.8 Å². The number of aromatic nitrogens is 2. The number of aryl methyl sites for hydroxylation is 1. The summed E-state index contributed by atoms with van der Waals surface area (Å²) in [6.45, 7) is 2.02. The van der Waals surface area contributed by atoms with Gasteiger partial charge in [-0.15, -0.1) is 10.2 Å². The van der Waals surface area contributed by atoms with Gasteiger partial charge in [-0.05, 0) is 30.7 Å². The summed E-state index contributed by atoms with van der Waals surface area (Å²) in [4.78, 5) is 0. The van der Waals surface area contributed by atoms with Crippen LogP contribution in [0.15, 0.2) is 34.8 Å². The average molecular weight is 278 g/mol. The summed E-state index contributed by atoms with van der Waals surface area (Å²) in [5.74, 6) is 0.820. The number of hydrogen-bond acceptors (Lipinski definition) is 3. The van der Waals surface area contributed by atoms with E-state index in [4.69, 9.17) is 0 Å². The van der Waals surface area contributed by atoms with Gasteiger partial charge in [0.2, 0.25) is 0 Å². The van der Waals surface area contributed by atoms with E-state index in [1.54, 1.807) is 0 Å². The van der Waals surface area contributed by atoms with E-state index >= 15 is 0 Å². The Kier molecular flexibility index (Phi) is 3.19. The first kappa shape index (κ1) is 11.1. The molecular weight excluding hydrogens is 266 g/mol. The molecule has 3 nitrogen and oxygen atoms in total. The van der Waals surface area contributed by atoms with Gasteiger partial charge in [-0.3, -0.25) is 0 Å². The molecule has 0 spiro atoms. The highest BCUT2D eigenvalue weighted by Crippen LogP contribution is 2.21. The Balaban J connectivity index is 2.41. The molecule has 0 radical (unpaired) electrons. The molecule has 82 valence electrons. The van der Waals surface area contributed by atoms with Crippen molar-refractivity contribution in [2.24, 2.45) is 0 Å². The van der Waals surface area contributed by atoms with Crippen LogP contribution in [0.5, 0.6) is 0 Å². The molecule has 0 unspecified atom stereocenters. The van der Waals surface area contributed by atoms with Crippen molar-refractivity contribution in [3.63, 3.8) is 0 Å². The van der Waals surface area contributed by atoms with Gasteiger partial charge in [0, 0.05) is 17.1 Å². The quantitative estimate of drug-likeness (QED) is 0.916. The predicted molar refractivity (Wildman–Crippen MR) is 69.5 cm³/mol. The van der Waals surface area contributed by atoms with Crippen LogP contribution in [0.1, 0.15) is 5.56 Å². The molecule has 0 saturated carbocycles. The van der Waals surface area contributed by atoms with Crippen molar-refractivity contribution in [3.05, 3.63) is 40.4 Å². The Bertz CT molecular complexity index is 494. The third-order valence-corrected chi connectivity index (χ3v) is 2.89.